The molecule has 0 heterocycles. The maximum atomic E-state index is 11.5. The number of ether oxygens (including phenoxy) is 1. The van der Waals surface area contributed by atoms with Crippen LogP contribution in [0.5, 0.6) is 5.75 Å². The summed E-state index contributed by atoms with van der Waals surface area (Å²) in [6.07, 6.45) is 0. The zero-order valence-corrected chi connectivity index (χ0v) is 13.2. The first-order valence-corrected chi connectivity index (χ1v) is 6.31. The van der Waals surface area contributed by atoms with Gasteiger partial charge in [0.25, 0.3) is 0 Å². The molecule has 0 aliphatic carbocycles. The fraction of sp³-hybridized carbons (Fsp3) is 0.364. The van der Waals surface area contributed by atoms with Gasteiger partial charge >= 0.3 is 0 Å². The molecule has 0 unspecified atom stereocenters. The van der Waals surface area contributed by atoms with Gasteiger partial charge in [-0.25, -0.2) is 0 Å². The largest absolute Gasteiger partial charge is 0.491 e. The SMILES string of the molecule is CCOc1c(Br)cc(Cl)cc1NC(=O)[C@H](C)N.Cl. The highest BCUT2D eigenvalue weighted by atomic mass is 79.9. The highest BCUT2D eigenvalue weighted by Crippen LogP contribution is 2.36. The number of anilines is 1. The Hall–Kier alpha value is -0.490. The van der Waals surface area contributed by atoms with Gasteiger partial charge in [-0.15, -0.1) is 12.4 Å². The Kier molecular flexibility index (Phi) is 7.62. The number of halogens is 3. The summed E-state index contributed by atoms with van der Waals surface area (Å²) in [7, 11) is 0. The van der Waals surface area contributed by atoms with Gasteiger partial charge < -0.3 is 15.8 Å². The van der Waals surface area contributed by atoms with Crippen LogP contribution in [-0.4, -0.2) is 18.6 Å². The van der Waals surface area contributed by atoms with Crippen LogP contribution in [0.25, 0.3) is 0 Å². The highest BCUT2D eigenvalue weighted by molar-refractivity contribution is 9.10. The Morgan fingerprint density at radius 3 is 2.72 bits per heavy atom. The fourth-order valence-corrected chi connectivity index (χ4v) is 2.12. The van der Waals surface area contributed by atoms with Crippen molar-refractivity contribution in [1.29, 1.82) is 0 Å². The molecule has 0 aliphatic rings. The summed E-state index contributed by atoms with van der Waals surface area (Å²) in [5.41, 5.74) is 5.99. The molecule has 0 saturated heterocycles. The molecule has 3 N–H and O–H groups in total. The van der Waals surface area contributed by atoms with E-state index in [0.717, 1.165) is 0 Å². The molecule has 4 nitrogen and oxygen atoms in total. The normalized spacial score (nSPS) is 11.4. The van der Waals surface area contributed by atoms with Crippen LogP contribution in [0.2, 0.25) is 5.02 Å². The molecule has 0 bridgehead atoms. The lowest BCUT2D eigenvalue weighted by Crippen LogP contribution is -2.32. The van der Waals surface area contributed by atoms with Gasteiger partial charge in [-0.3, -0.25) is 4.79 Å². The number of amides is 1. The average Bonchev–Trinajstić information content (AvgIpc) is 2.22. The van der Waals surface area contributed by atoms with E-state index in [1.807, 2.05) is 6.92 Å². The number of nitrogens with two attached hydrogens (primary N) is 1. The van der Waals surface area contributed by atoms with Crippen molar-refractivity contribution in [2.45, 2.75) is 19.9 Å². The summed E-state index contributed by atoms with van der Waals surface area (Å²) in [5, 5.41) is 3.17. The van der Waals surface area contributed by atoms with Crippen LogP contribution in [0.15, 0.2) is 16.6 Å². The molecule has 0 saturated carbocycles. The molecule has 0 aromatic heterocycles. The van der Waals surface area contributed by atoms with Crippen LogP contribution in [0.4, 0.5) is 5.69 Å². The Labute approximate surface area is 126 Å². The maximum Gasteiger partial charge on any atom is 0.241 e. The number of hydrogen-bond donors (Lipinski definition) is 2. The molecule has 0 fully saturated rings. The summed E-state index contributed by atoms with van der Waals surface area (Å²) in [6, 6.07) is 2.73. The Bertz CT molecular complexity index is 428. The zero-order valence-electron chi connectivity index (χ0n) is 10.00. The fourth-order valence-electron chi connectivity index (χ4n) is 1.19. The molecule has 1 amide bonds. The lowest BCUT2D eigenvalue weighted by Gasteiger charge is -2.14. The van der Waals surface area contributed by atoms with Crippen molar-refractivity contribution < 1.29 is 9.53 Å². The van der Waals surface area contributed by atoms with Gasteiger partial charge in [-0.2, -0.15) is 0 Å². The Balaban J connectivity index is 0.00000289. The molecular formula is C11H15BrCl2N2O2. The van der Waals surface area contributed by atoms with E-state index in [1.165, 1.54) is 0 Å². The minimum atomic E-state index is -0.595. The third kappa shape index (κ3) is 4.65. The summed E-state index contributed by atoms with van der Waals surface area (Å²) in [5.74, 6) is 0.256. The van der Waals surface area contributed by atoms with Crippen molar-refractivity contribution in [1.82, 2.24) is 0 Å². The predicted octanol–water partition coefficient (Wildman–Crippen LogP) is 3.21. The topological polar surface area (TPSA) is 64.3 Å². The highest BCUT2D eigenvalue weighted by Gasteiger charge is 2.14. The monoisotopic (exact) mass is 356 g/mol. The predicted molar refractivity (Wildman–Crippen MR) is 79.8 cm³/mol. The van der Waals surface area contributed by atoms with Gasteiger partial charge in [-0.05, 0) is 41.9 Å². The van der Waals surface area contributed by atoms with E-state index in [-0.39, 0.29) is 18.3 Å². The molecule has 1 rings (SSSR count). The van der Waals surface area contributed by atoms with Gasteiger partial charge in [-0.1, -0.05) is 11.6 Å². The molecule has 102 valence electrons. The number of nitrogens with one attached hydrogen (secondary N) is 1. The van der Waals surface area contributed by atoms with Crippen molar-refractivity contribution in [2.24, 2.45) is 5.73 Å². The minimum Gasteiger partial charge on any atom is -0.491 e. The molecule has 1 aromatic rings. The van der Waals surface area contributed by atoms with Crippen molar-refractivity contribution in [2.75, 3.05) is 11.9 Å². The number of carbonyl (C=O) groups excluding carboxylic acids is 1. The summed E-state index contributed by atoms with van der Waals surface area (Å²) in [4.78, 5) is 11.5. The molecule has 7 heteroatoms. The second-order valence-corrected chi connectivity index (χ2v) is 4.77. The first-order chi connectivity index (χ1) is 7.95. The van der Waals surface area contributed by atoms with Gasteiger partial charge in [0.1, 0.15) is 0 Å². The third-order valence-corrected chi connectivity index (χ3v) is 2.78. The lowest BCUT2D eigenvalue weighted by atomic mass is 10.2. The van der Waals surface area contributed by atoms with Crippen LogP contribution >= 0.6 is 39.9 Å². The van der Waals surface area contributed by atoms with Crippen LogP contribution in [0.3, 0.4) is 0 Å². The van der Waals surface area contributed by atoms with Crippen molar-refractivity contribution in [3.8, 4) is 5.75 Å². The molecule has 0 spiro atoms. The average molecular weight is 358 g/mol. The second kappa shape index (κ2) is 7.84. The third-order valence-electron chi connectivity index (χ3n) is 1.97. The van der Waals surface area contributed by atoms with Crippen molar-refractivity contribution >= 4 is 51.5 Å². The van der Waals surface area contributed by atoms with Gasteiger partial charge in [0.05, 0.1) is 22.8 Å². The molecule has 0 radical (unpaired) electrons. The van der Waals surface area contributed by atoms with E-state index >= 15 is 0 Å². The molecular weight excluding hydrogens is 343 g/mol. The first-order valence-electron chi connectivity index (χ1n) is 5.14. The summed E-state index contributed by atoms with van der Waals surface area (Å²) >= 11 is 9.25. The zero-order chi connectivity index (χ0) is 13.0. The van der Waals surface area contributed by atoms with Crippen LogP contribution in [0.1, 0.15) is 13.8 Å². The molecule has 18 heavy (non-hydrogen) atoms. The molecule has 1 aromatic carbocycles. The standard InChI is InChI=1S/C11H14BrClN2O2.ClH/c1-3-17-10-8(12)4-7(13)5-9(10)15-11(16)6(2)14;/h4-6H,3,14H2,1-2H3,(H,15,16);1H/t6-;/m0./s1. The number of rotatable bonds is 4. The van der Waals surface area contributed by atoms with Crippen LogP contribution in [-0.2, 0) is 4.79 Å². The molecule has 0 aliphatic heterocycles. The Morgan fingerprint density at radius 2 is 2.22 bits per heavy atom. The lowest BCUT2D eigenvalue weighted by molar-refractivity contribution is -0.117. The van der Waals surface area contributed by atoms with Crippen molar-refractivity contribution in [3.63, 3.8) is 0 Å². The summed E-state index contributed by atoms with van der Waals surface area (Å²) in [6.45, 7) is 3.95. The van der Waals surface area contributed by atoms with E-state index in [9.17, 15) is 4.79 Å². The van der Waals surface area contributed by atoms with Gasteiger partial charge in [0, 0.05) is 5.02 Å². The van der Waals surface area contributed by atoms with Gasteiger partial charge in [0.2, 0.25) is 5.91 Å². The van der Waals surface area contributed by atoms with Gasteiger partial charge in [0.15, 0.2) is 5.75 Å². The number of benzene rings is 1. The Morgan fingerprint density at radius 1 is 1.61 bits per heavy atom. The smallest absolute Gasteiger partial charge is 0.241 e. The summed E-state index contributed by atoms with van der Waals surface area (Å²) < 4.78 is 6.13. The first kappa shape index (κ1) is 17.5. The van der Waals surface area contributed by atoms with Crippen molar-refractivity contribution in [3.05, 3.63) is 21.6 Å². The second-order valence-electron chi connectivity index (χ2n) is 3.48. The maximum absolute atomic E-state index is 11.5. The number of hydrogen-bond acceptors (Lipinski definition) is 3. The quantitative estimate of drug-likeness (QED) is 0.869. The van der Waals surface area contributed by atoms with E-state index in [4.69, 9.17) is 22.1 Å². The number of carbonyl (C=O) groups is 1. The van der Waals surface area contributed by atoms with E-state index in [0.29, 0.717) is 27.5 Å². The van der Waals surface area contributed by atoms with Crippen LogP contribution in [0, 0.1) is 0 Å². The minimum absolute atomic E-state index is 0. The van der Waals surface area contributed by atoms with Crippen LogP contribution < -0.4 is 15.8 Å². The molecule has 1 atom stereocenters. The van der Waals surface area contributed by atoms with E-state index in [1.54, 1.807) is 19.1 Å². The van der Waals surface area contributed by atoms with E-state index < -0.39 is 6.04 Å². The van der Waals surface area contributed by atoms with E-state index in [2.05, 4.69) is 21.2 Å².